The van der Waals surface area contributed by atoms with Gasteiger partial charge in [0, 0.05) is 12.4 Å². The number of nitrogens with one attached hydrogen (secondary N) is 1. The second-order valence-electron chi connectivity index (χ2n) is 4.50. The largest absolute Gasteiger partial charge is 0.316 e. The van der Waals surface area contributed by atoms with Crippen LogP contribution in [-0.4, -0.2) is 19.0 Å². The molecular formula is C12H18ClNS. The average Bonchev–Trinajstić information content (AvgIpc) is 2.80. The van der Waals surface area contributed by atoms with Gasteiger partial charge in [0.15, 0.2) is 0 Å². The number of thiophene rings is 1. The molecule has 15 heavy (non-hydrogen) atoms. The van der Waals surface area contributed by atoms with Gasteiger partial charge in [-0.2, -0.15) is 11.3 Å². The highest BCUT2D eigenvalue weighted by molar-refractivity contribution is 7.07. The first kappa shape index (κ1) is 11.4. The molecule has 1 saturated carbocycles. The fraction of sp³-hybridized carbons (Fsp3) is 0.667. The van der Waals surface area contributed by atoms with Gasteiger partial charge in [-0.1, -0.05) is 0 Å². The SMILES string of the molecule is ClCCC1(CNCCc2ccsc2)CC1. The van der Waals surface area contributed by atoms with Gasteiger partial charge in [0.05, 0.1) is 0 Å². The summed E-state index contributed by atoms with van der Waals surface area (Å²) < 4.78 is 0. The van der Waals surface area contributed by atoms with E-state index in [0.717, 1.165) is 25.4 Å². The van der Waals surface area contributed by atoms with Crippen LogP contribution in [-0.2, 0) is 6.42 Å². The van der Waals surface area contributed by atoms with Crippen LogP contribution < -0.4 is 5.32 Å². The van der Waals surface area contributed by atoms with Crippen molar-refractivity contribution >= 4 is 22.9 Å². The Hall–Kier alpha value is -0.0500. The van der Waals surface area contributed by atoms with Gasteiger partial charge in [-0.15, -0.1) is 11.6 Å². The maximum atomic E-state index is 5.79. The van der Waals surface area contributed by atoms with Crippen molar-refractivity contribution in [3.8, 4) is 0 Å². The van der Waals surface area contributed by atoms with Crippen LogP contribution in [0.5, 0.6) is 0 Å². The molecule has 0 aromatic carbocycles. The molecule has 1 aromatic rings. The third kappa shape index (κ3) is 3.47. The van der Waals surface area contributed by atoms with Gasteiger partial charge < -0.3 is 5.32 Å². The summed E-state index contributed by atoms with van der Waals surface area (Å²) in [5.74, 6) is 0.812. The molecule has 84 valence electrons. The second kappa shape index (κ2) is 5.33. The summed E-state index contributed by atoms with van der Waals surface area (Å²) in [6.07, 6.45) is 5.07. The molecule has 1 aliphatic rings. The van der Waals surface area contributed by atoms with Crippen molar-refractivity contribution in [2.24, 2.45) is 5.41 Å². The lowest BCUT2D eigenvalue weighted by molar-refractivity contribution is 0.448. The van der Waals surface area contributed by atoms with Crippen molar-refractivity contribution in [1.29, 1.82) is 0 Å². The van der Waals surface area contributed by atoms with E-state index in [1.807, 2.05) is 0 Å². The molecule has 1 aliphatic carbocycles. The minimum atomic E-state index is 0.566. The number of rotatable bonds is 7. The fourth-order valence-electron chi connectivity index (χ4n) is 1.91. The number of halogens is 1. The first-order valence-electron chi connectivity index (χ1n) is 5.62. The minimum absolute atomic E-state index is 0.566. The van der Waals surface area contributed by atoms with E-state index in [9.17, 15) is 0 Å². The smallest absolute Gasteiger partial charge is 0.0229 e. The van der Waals surface area contributed by atoms with Crippen molar-refractivity contribution in [3.63, 3.8) is 0 Å². The van der Waals surface area contributed by atoms with Gasteiger partial charge >= 0.3 is 0 Å². The Labute approximate surface area is 101 Å². The summed E-state index contributed by atoms with van der Waals surface area (Å²) in [5.41, 5.74) is 2.02. The lowest BCUT2D eigenvalue weighted by atomic mass is 10.0. The second-order valence-corrected chi connectivity index (χ2v) is 5.66. The van der Waals surface area contributed by atoms with Crippen LogP contribution in [0.4, 0.5) is 0 Å². The van der Waals surface area contributed by atoms with Crippen LogP contribution in [0.25, 0.3) is 0 Å². The molecule has 3 heteroatoms. The Bertz CT molecular complexity index is 280. The third-order valence-corrected chi connectivity index (χ3v) is 4.17. The predicted octanol–water partition coefficient (Wildman–Crippen LogP) is 3.29. The standard InChI is InChI=1S/C12H18ClNS/c13-6-5-12(3-4-12)10-14-7-1-11-2-8-15-9-11/h2,8-9,14H,1,3-7,10H2. The lowest BCUT2D eigenvalue weighted by Crippen LogP contribution is -2.26. The zero-order chi connectivity index (χ0) is 10.6. The Kier molecular flexibility index (Phi) is 4.06. The molecule has 1 heterocycles. The summed E-state index contributed by atoms with van der Waals surface area (Å²) in [4.78, 5) is 0. The normalized spacial score (nSPS) is 17.9. The molecule has 0 radical (unpaired) electrons. The molecule has 1 N–H and O–H groups in total. The van der Waals surface area contributed by atoms with Crippen molar-refractivity contribution in [2.45, 2.75) is 25.7 Å². The number of hydrogen-bond donors (Lipinski definition) is 1. The summed E-state index contributed by atoms with van der Waals surface area (Å²) in [6, 6.07) is 2.21. The summed E-state index contributed by atoms with van der Waals surface area (Å²) in [5, 5.41) is 7.93. The third-order valence-electron chi connectivity index (χ3n) is 3.25. The van der Waals surface area contributed by atoms with Crippen LogP contribution in [0.2, 0.25) is 0 Å². The molecule has 0 atom stereocenters. The predicted molar refractivity (Wildman–Crippen MR) is 67.9 cm³/mol. The monoisotopic (exact) mass is 243 g/mol. The highest BCUT2D eigenvalue weighted by atomic mass is 35.5. The molecule has 0 bridgehead atoms. The molecule has 0 spiro atoms. The van der Waals surface area contributed by atoms with Gasteiger partial charge in [-0.05, 0) is 60.0 Å². The topological polar surface area (TPSA) is 12.0 Å². The van der Waals surface area contributed by atoms with Crippen molar-refractivity contribution in [2.75, 3.05) is 19.0 Å². The minimum Gasteiger partial charge on any atom is -0.316 e. The highest BCUT2D eigenvalue weighted by Crippen LogP contribution is 2.48. The quantitative estimate of drug-likeness (QED) is 0.573. The molecule has 1 nitrogen and oxygen atoms in total. The Morgan fingerprint density at radius 2 is 2.33 bits per heavy atom. The van der Waals surface area contributed by atoms with Gasteiger partial charge in [0.2, 0.25) is 0 Å². The van der Waals surface area contributed by atoms with Gasteiger partial charge in [-0.3, -0.25) is 0 Å². The van der Waals surface area contributed by atoms with Crippen LogP contribution >= 0.6 is 22.9 Å². The molecule has 2 rings (SSSR count). The van der Waals surface area contributed by atoms with Crippen LogP contribution in [0.15, 0.2) is 16.8 Å². The van der Waals surface area contributed by atoms with Gasteiger partial charge in [0.1, 0.15) is 0 Å². The summed E-state index contributed by atoms with van der Waals surface area (Å²) in [7, 11) is 0. The number of alkyl halides is 1. The molecule has 0 amide bonds. The van der Waals surface area contributed by atoms with E-state index in [0.29, 0.717) is 5.41 Å². The van der Waals surface area contributed by atoms with Crippen molar-refractivity contribution in [1.82, 2.24) is 5.32 Å². The van der Waals surface area contributed by atoms with Crippen LogP contribution in [0.3, 0.4) is 0 Å². The first-order chi connectivity index (χ1) is 7.35. The summed E-state index contributed by atoms with van der Waals surface area (Å²) in [6.45, 7) is 2.25. The Morgan fingerprint density at radius 1 is 1.47 bits per heavy atom. The summed E-state index contributed by atoms with van der Waals surface area (Å²) >= 11 is 7.57. The van der Waals surface area contributed by atoms with E-state index in [1.54, 1.807) is 11.3 Å². The van der Waals surface area contributed by atoms with Crippen molar-refractivity contribution in [3.05, 3.63) is 22.4 Å². The van der Waals surface area contributed by atoms with Crippen LogP contribution in [0, 0.1) is 5.41 Å². The van der Waals surface area contributed by atoms with E-state index in [4.69, 9.17) is 11.6 Å². The van der Waals surface area contributed by atoms with Crippen LogP contribution in [0.1, 0.15) is 24.8 Å². The first-order valence-corrected chi connectivity index (χ1v) is 7.10. The van der Waals surface area contributed by atoms with Crippen molar-refractivity contribution < 1.29 is 0 Å². The maximum Gasteiger partial charge on any atom is 0.0229 e. The number of hydrogen-bond acceptors (Lipinski definition) is 2. The molecule has 1 fully saturated rings. The average molecular weight is 244 g/mol. The molecule has 0 unspecified atom stereocenters. The highest BCUT2D eigenvalue weighted by Gasteiger charge is 2.40. The molecule has 1 aromatic heterocycles. The van der Waals surface area contributed by atoms with Gasteiger partial charge in [0.25, 0.3) is 0 Å². The fourth-order valence-corrected chi connectivity index (χ4v) is 3.02. The maximum absolute atomic E-state index is 5.79. The zero-order valence-corrected chi connectivity index (χ0v) is 10.5. The Morgan fingerprint density at radius 3 is 2.93 bits per heavy atom. The van der Waals surface area contributed by atoms with E-state index < -0.39 is 0 Å². The van der Waals surface area contributed by atoms with E-state index in [1.165, 1.54) is 24.8 Å². The molecular weight excluding hydrogens is 226 g/mol. The Balaban J connectivity index is 1.59. The van der Waals surface area contributed by atoms with E-state index in [2.05, 4.69) is 22.1 Å². The molecule has 0 saturated heterocycles. The lowest BCUT2D eigenvalue weighted by Gasteiger charge is -2.13. The molecule has 0 aliphatic heterocycles. The van der Waals surface area contributed by atoms with Gasteiger partial charge in [-0.25, -0.2) is 0 Å². The van der Waals surface area contributed by atoms with E-state index >= 15 is 0 Å². The van der Waals surface area contributed by atoms with E-state index in [-0.39, 0.29) is 0 Å². The zero-order valence-electron chi connectivity index (χ0n) is 8.97.